The Morgan fingerprint density at radius 1 is 1.12 bits per heavy atom. The van der Waals surface area contributed by atoms with Crippen molar-refractivity contribution in [2.45, 2.75) is 12.8 Å². The molecule has 0 bridgehead atoms. The molecule has 2 N–H and O–H groups in total. The summed E-state index contributed by atoms with van der Waals surface area (Å²) in [7, 11) is -3.63. The van der Waals surface area contributed by atoms with E-state index in [-0.39, 0.29) is 24.5 Å². The highest BCUT2D eigenvalue weighted by Crippen LogP contribution is 2.14. The number of halogens is 2. The molecule has 1 aromatic carbocycles. The summed E-state index contributed by atoms with van der Waals surface area (Å²) in [4.78, 5) is 0. The van der Waals surface area contributed by atoms with Gasteiger partial charge in [-0.05, 0) is 25.0 Å². The fourth-order valence-corrected chi connectivity index (χ4v) is 2.41. The largest absolute Gasteiger partial charge is 0.396 e. The van der Waals surface area contributed by atoms with Crippen LogP contribution in [0.4, 0.5) is 14.5 Å². The summed E-state index contributed by atoms with van der Waals surface area (Å²) < 4.78 is 50.6. The first-order chi connectivity index (χ1) is 7.93. The number of aliphatic hydroxyl groups excluding tert-OH is 1. The zero-order chi connectivity index (χ0) is 12.9. The van der Waals surface area contributed by atoms with Gasteiger partial charge in [0.1, 0.15) is 11.6 Å². The van der Waals surface area contributed by atoms with Crippen LogP contribution >= 0.6 is 0 Å². The van der Waals surface area contributed by atoms with Gasteiger partial charge in [-0.25, -0.2) is 17.2 Å². The summed E-state index contributed by atoms with van der Waals surface area (Å²) in [5.74, 6) is -1.90. The first kappa shape index (κ1) is 13.9. The van der Waals surface area contributed by atoms with Crippen LogP contribution in [0.2, 0.25) is 0 Å². The van der Waals surface area contributed by atoms with Crippen molar-refractivity contribution in [3.8, 4) is 0 Å². The number of benzene rings is 1. The smallest absolute Gasteiger partial charge is 0.232 e. The van der Waals surface area contributed by atoms with E-state index in [1.54, 1.807) is 0 Å². The van der Waals surface area contributed by atoms with Gasteiger partial charge in [-0.1, -0.05) is 0 Å². The van der Waals surface area contributed by atoms with Gasteiger partial charge in [-0.2, -0.15) is 0 Å². The molecule has 96 valence electrons. The maximum absolute atomic E-state index is 12.8. The Morgan fingerprint density at radius 3 is 2.24 bits per heavy atom. The van der Waals surface area contributed by atoms with Crippen LogP contribution in [0.25, 0.3) is 0 Å². The van der Waals surface area contributed by atoms with E-state index in [2.05, 4.69) is 4.72 Å². The van der Waals surface area contributed by atoms with Crippen molar-refractivity contribution in [2.24, 2.45) is 0 Å². The lowest BCUT2D eigenvalue weighted by Gasteiger charge is -2.07. The summed E-state index contributed by atoms with van der Waals surface area (Å²) in [6.07, 6.45) is 0.641. The van der Waals surface area contributed by atoms with Gasteiger partial charge in [0.25, 0.3) is 0 Å². The van der Waals surface area contributed by atoms with Crippen molar-refractivity contribution in [3.05, 3.63) is 29.8 Å². The summed E-state index contributed by atoms with van der Waals surface area (Å²) in [5, 5.41) is 8.51. The molecule has 0 atom stereocenters. The second kappa shape index (κ2) is 5.92. The van der Waals surface area contributed by atoms with E-state index in [0.717, 1.165) is 12.1 Å². The third-order valence-corrected chi connectivity index (χ3v) is 3.33. The average Bonchev–Trinajstić information content (AvgIpc) is 2.14. The second-order valence-electron chi connectivity index (χ2n) is 3.51. The molecule has 0 radical (unpaired) electrons. The summed E-state index contributed by atoms with van der Waals surface area (Å²) >= 11 is 0. The molecule has 0 aliphatic carbocycles. The van der Waals surface area contributed by atoms with Crippen LogP contribution in [0, 0.1) is 11.6 Å². The minimum atomic E-state index is -3.63. The highest BCUT2D eigenvalue weighted by atomic mass is 32.2. The van der Waals surface area contributed by atoms with E-state index in [1.807, 2.05) is 0 Å². The molecule has 7 heteroatoms. The van der Waals surface area contributed by atoms with Gasteiger partial charge in [-0.3, -0.25) is 4.72 Å². The van der Waals surface area contributed by atoms with E-state index >= 15 is 0 Å². The highest BCUT2D eigenvalue weighted by Gasteiger charge is 2.11. The number of hydrogen-bond acceptors (Lipinski definition) is 3. The van der Waals surface area contributed by atoms with Gasteiger partial charge in [0.2, 0.25) is 10.0 Å². The van der Waals surface area contributed by atoms with Crippen LogP contribution in [-0.4, -0.2) is 25.9 Å². The van der Waals surface area contributed by atoms with Crippen LogP contribution in [0.5, 0.6) is 0 Å². The monoisotopic (exact) mass is 265 g/mol. The fourth-order valence-electron chi connectivity index (χ4n) is 1.25. The number of aliphatic hydroxyl groups is 1. The molecule has 0 saturated carbocycles. The van der Waals surface area contributed by atoms with E-state index in [1.165, 1.54) is 0 Å². The molecule has 0 saturated heterocycles. The molecule has 0 aliphatic rings. The molecule has 0 spiro atoms. The van der Waals surface area contributed by atoms with Crippen LogP contribution in [-0.2, 0) is 10.0 Å². The van der Waals surface area contributed by atoms with E-state index in [0.29, 0.717) is 12.5 Å². The number of hydrogen-bond donors (Lipinski definition) is 2. The van der Waals surface area contributed by atoms with Gasteiger partial charge >= 0.3 is 0 Å². The second-order valence-corrected chi connectivity index (χ2v) is 5.35. The average molecular weight is 265 g/mol. The minimum absolute atomic E-state index is 0.0931. The van der Waals surface area contributed by atoms with Gasteiger partial charge in [0.15, 0.2) is 0 Å². The lowest BCUT2D eigenvalue weighted by Crippen LogP contribution is -2.17. The quantitative estimate of drug-likeness (QED) is 0.766. The van der Waals surface area contributed by atoms with E-state index in [4.69, 9.17) is 5.11 Å². The molecule has 0 unspecified atom stereocenters. The molecule has 0 aliphatic heterocycles. The summed E-state index contributed by atoms with van der Waals surface area (Å²) in [6, 6.07) is 2.45. The summed E-state index contributed by atoms with van der Waals surface area (Å²) in [5.41, 5.74) is -0.147. The van der Waals surface area contributed by atoms with Gasteiger partial charge < -0.3 is 5.11 Å². The summed E-state index contributed by atoms with van der Waals surface area (Å²) in [6.45, 7) is -0.0931. The molecule has 4 nitrogen and oxygen atoms in total. The Hall–Kier alpha value is -1.21. The maximum Gasteiger partial charge on any atom is 0.232 e. The SMILES string of the molecule is O=S(=O)(CCCCO)Nc1cc(F)cc(F)c1. The molecular weight excluding hydrogens is 252 g/mol. The van der Waals surface area contributed by atoms with Crippen LogP contribution in [0.15, 0.2) is 18.2 Å². The molecular formula is C10H13F2NO3S. The fraction of sp³-hybridized carbons (Fsp3) is 0.400. The predicted octanol–water partition coefficient (Wildman–Crippen LogP) is 1.48. The first-order valence-corrected chi connectivity index (χ1v) is 6.65. The van der Waals surface area contributed by atoms with Crippen LogP contribution in [0.1, 0.15) is 12.8 Å². The topological polar surface area (TPSA) is 66.4 Å². The molecule has 1 rings (SSSR count). The Morgan fingerprint density at radius 2 is 1.71 bits per heavy atom. The normalized spacial score (nSPS) is 11.5. The van der Waals surface area contributed by atoms with Crippen molar-refractivity contribution >= 4 is 15.7 Å². The van der Waals surface area contributed by atoms with Crippen molar-refractivity contribution in [3.63, 3.8) is 0 Å². The lowest BCUT2D eigenvalue weighted by molar-refractivity contribution is 0.287. The molecule has 0 fully saturated rings. The van der Waals surface area contributed by atoms with Gasteiger partial charge in [0, 0.05) is 12.7 Å². The third-order valence-electron chi connectivity index (χ3n) is 1.96. The van der Waals surface area contributed by atoms with Crippen LogP contribution < -0.4 is 4.72 Å². The molecule has 0 amide bonds. The number of nitrogens with one attached hydrogen (secondary N) is 1. The Bertz CT molecular complexity index is 456. The molecule has 1 aromatic rings. The first-order valence-electron chi connectivity index (χ1n) is 5.00. The third kappa shape index (κ3) is 5.10. The van der Waals surface area contributed by atoms with Crippen LogP contribution in [0.3, 0.4) is 0 Å². The number of rotatable bonds is 6. The maximum atomic E-state index is 12.8. The zero-order valence-corrected chi connectivity index (χ0v) is 9.80. The van der Waals surface area contributed by atoms with Crippen molar-refractivity contribution in [1.29, 1.82) is 0 Å². The molecule has 17 heavy (non-hydrogen) atoms. The molecule has 0 aromatic heterocycles. The van der Waals surface area contributed by atoms with E-state index in [9.17, 15) is 17.2 Å². The van der Waals surface area contributed by atoms with Crippen molar-refractivity contribution in [2.75, 3.05) is 17.1 Å². The number of unbranched alkanes of at least 4 members (excludes halogenated alkanes) is 1. The van der Waals surface area contributed by atoms with E-state index < -0.39 is 21.7 Å². The lowest BCUT2D eigenvalue weighted by atomic mass is 10.3. The Balaban J connectivity index is 2.69. The zero-order valence-electron chi connectivity index (χ0n) is 8.99. The predicted molar refractivity (Wildman–Crippen MR) is 60.1 cm³/mol. The Labute approximate surface area is 98.3 Å². The number of anilines is 1. The highest BCUT2D eigenvalue weighted by molar-refractivity contribution is 7.92. The van der Waals surface area contributed by atoms with Crippen molar-refractivity contribution in [1.82, 2.24) is 0 Å². The molecule has 0 heterocycles. The van der Waals surface area contributed by atoms with Gasteiger partial charge in [0.05, 0.1) is 11.4 Å². The Kier molecular flexibility index (Phi) is 4.83. The number of sulfonamides is 1. The van der Waals surface area contributed by atoms with Crippen molar-refractivity contribution < 1.29 is 22.3 Å². The van der Waals surface area contributed by atoms with Gasteiger partial charge in [-0.15, -0.1) is 0 Å². The minimum Gasteiger partial charge on any atom is -0.396 e. The standard InChI is InChI=1S/C10H13F2NO3S/c11-8-5-9(12)7-10(6-8)13-17(15,16)4-2-1-3-14/h5-7,13-14H,1-4H2.